The van der Waals surface area contributed by atoms with E-state index in [-0.39, 0.29) is 12.1 Å². The molecule has 1 heterocycles. The Labute approximate surface area is 135 Å². The van der Waals surface area contributed by atoms with E-state index in [1.807, 2.05) is 24.3 Å². The summed E-state index contributed by atoms with van der Waals surface area (Å²) in [5, 5.41) is 4.78. The Bertz CT molecular complexity index is 644. The maximum absolute atomic E-state index is 6.10. The zero-order valence-corrected chi connectivity index (χ0v) is 13.3. The van der Waals surface area contributed by atoms with Gasteiger partial charge in [0.1, 0.15) is 0 Å². The lowest BCUT2D eigenvalue weighted by Crippen LogP contribution is -2.31. The van der Waals surface area contributed by atoms with Crippen LogP contribution in [0.4, 0.5) is 0 Å². The van der Waals surface area contributed by atoms with Gasteiger partial charge in [0.05, 0.1) is 29.3 Å². The maximum atomic E-state index is 6.10. The van der Waals surface area contributed by atoms with Crippen LogP contribution in [0.1, 0.15) is 35.7 Å². The molecule has 0 fully saturated rings. The van der Waals surface area contributed by atoms with Gasteiger partial charge in [-0.3, -0.25) is 0 Å². The minimum absolute atomic E-state index is 0.166. The highest BCUT2D eigenvalue weighted by molar-refractivity contribution is 6.42. The van der Waals surface area contributed by atoms with Crippen LogP contribution in [-0.4, -0.2) is 6.61 Å². The van der Waals surface area contributed by atoms with E-state index in [0.29, 0.717) is 23.3 Å². The normalized spacial score (nSPS) is 19.1. The van der Waals surface area contributed by atoms with Crippen LogP contribution in [-0.2, 0) is 11.3 Å². The van der Waals surface area contributed by atoms with Crippen LogP contribution in [0.15, 0.2) is 42.5 Å². The molecule has 2 nitrogen and oxygen atoms in total. The van der Waals surface area contributed by atoms with Gasteiger partial charge in [-0.2, -0.15) is 0 Å². The highest BCUT2D eigenvalue weighted by Crippen LogP contribution is 2.29. The van der Waals surface area contributed by atoms with Gasteiger partial charge < -0.3 is 10.1 Å². The molecule has 2 aromatic rings. The molecule has 1 aliphatic heterocycles. The Balaban J connectivity index is 1.79. The predicted octanol–water partition coefficient (Wildman–Crippen LogP) is 4.92. The van der Waals surface area contributed by atoms with Gasteiger partial charge >= 0.3 is 0 Å². The molecular weight excluding hydrogens is 305 g/mol. The second-order valence-electron chi connectivity index (χ2n) is 5.33. The lowest BCUT2D eigenvalue weighted by molar-refractivity contribution is 0.0791. The largest absolute Gasteiger partial charge is 0.375 e. The van der Waals surface area contributed by atoms with Gasteiger partial charge in [0, 0.05) is 6.04 Å². The predicted molar refractivity (Wildman–Crippen MR) is 86.9 cm³/mol. The fraction of sp³-hybridized carbons (Fsp3) is 0.294. The summed E-state index contributed by atoms with van der Waals surface area (Å²) in [4.78, 5) is 0. The summed E-state index contributed by atoms with van der Waals surface area (Å²) in [7, 11) is 0. The molecule has 4 heteroatoms. The highest BCUT2D eigenvalue weighted by Gasteiger charge is 2.22. The molecule has 1 N–H and O–H groups in total. The van der Waals surface area contributed by atoms with Gasteiger partial charge in [-0.05, 0) is 35.7 Å². The summed E-state index contributed by atoms with van der Waals surface area (Å²) in [5.74, 6) is 0. The lowest BCUT2D eigenvalue weighted by Gasteiger charge is -2.29. The van der Waals surface area contributed by atoms with E-state index < -0.39 is 0 Å². The molecule has 21 heavy (non-hydrogen) atoms. The summed E-state index contributed by atoms with van der Waals surface area (Å²) < 4.78 is 5.68. The van der Waals surface area contributed by atoms with Crippen molar-refractivity contribution in [2.45, 2.75) is 25.6 Å². The Hall–Kier alpha value is -1.06. The first-order valence-electron chi connectivity index (χ1n) is 7.01. The monoisotopic (exact) mass is 321 g/mol. The molecule has 1 aliphatic rings. The van der Waals surface area contributed by atoms with E-state index in [0.717, 1.165) is 5.56 Å². The van der Waals surface area contributed by atoms with Gasteiger partial charge in [-0.1, -0.05) is 53.5 Å². The van der Waals surface area contributed by atoms with Crippen molar-refractivity contribution in [3.63, 3.8) is 0 Å². The Kier molecular flexibility index (Phi) is 4.51. The Morgan fingerprint density at radius 3 is 2.76 bits per heavy atom. The van der Waals surface area contributed by atoms with Crippen LogP contribution in [0.25, 0.3) is 0 Å². The van der Waals surface area contributed by atoms with Crippen LogP contribution in [0.3, 0.4) is 0 Å². The van der Waals surface area contributed by atoms with E-state index in [2.05, 4.69) is 30.4 Å². The van der Waals surface area contributed by atoms with Crippen molar-refractivity contribution in [1.82, 2.24) is 5.32 Å². The van der Waals surface area contributed by atoms with Crippen LogP contribution in [0, 0.1) is 0 Å². The first-order valence-corrected chi connectivity index (χ1v) is 7.77. The minimum Gasteiger partial charge on any atom is -0.375 e. The third-order valence-electron chi connectivity index (χ3n) is 3.87. The molecule has 0 aromatic heterocycles. The average Bonchev–Trinajstić information content (AvgIpc) is 2.50. The topological polar surface area (TPSA) is 21.3 Å². The first kappa shape index (κ1) is 14.9. The van der Waals surface area contributed by atoms with E-state index >= 15 is 0 Å². The van der Waals surface area contributed by atoms with Crippen LogP contribution in [0.5, 0.6) is 0 Å². The highest BCUT2D eigenvalue weighted by atomic mass is 35.5. The van der Waals surface area contributed by atoms with Gasteiger partial charge in [0.25, 0.3) is 0 Å². The van der Waals surface area contributed by atoms with E-state index in [1.165, 1.54) is 11.1 Å². The third-order valence-corrected chi connectivity index (χ3v) is 4.61. The van der Waals surface area contributed by atoms with E-state index in [1.54, 1.807) is 0 Å². The maximum Gasteiger partial charge on any atom is 0.0721 e. The van der Waals surface area contributed by atoms with Crippen molar-refractivity contribution < 1.29 is 4.74 Å². The average molecular weight is 322 g/mol. The summed E-state index contributed by atoms with van der Waals surface area (Å²) in [6.45, 7) is 3.50. The van der Waals surface area contributed by atoms with Gasteiger partial charge in [0.2, 0.25) is 0 Å². The summed E-state index contributed by atoms with van der Waals surface area (Å²) >= 11 is 12.1. The number of hydrogen-bond acceptors (Lipinski definition) is 2. The van der Waals surface area contributed by atoms with Crippen molar-refractivity contribution in [2.24, 2.45) is 0 Å². The number of rotatable bonds is 3. The number of nitrogens with one attached hydrogen (secondary N) is 1. The second kappa shape index (κ2) is 6.37. The Morgan fingerprint density at radius 2 is 1.95 bits per heavy atom. The first-order chi connectivity index (χ1) is 10.1. The molecular formula is C17H17Cl2NO. The minimum atomic E-state index is 0.166. The van der Waals surface area contributed by atoms with E-state index in [9.17, 15) is 0 Å². The van der Waals surface area contributed by atoms with Crippen molar-refractivity contribution in [2.75, 3.05) is 6.61 Å². The quantitative estimate of drug-likeness (QED) is 0.866. The Morgan fingerprint density at radius 1 is 1.14 bits per heavy atom. The fourth-order valence-corrected chi connectivity index (χ4v) is 3.01. The zero-order chi connectivity index (χ0) is 14.8. The summed E-state index contributed by atoms with van der Waals surface area (Å²) in [5.41, 5.74) is 3.69. The number of fused-ring (bicyclic) bond motifs is 1. The number of halogens is 2. The smallest absolute Gasteiger partial charge is 0.0721 e. The van der Waals surface area contributed by atoms with Gasteiger partial charge in [0.15, 0.2) is 0 Å². The van der Waals surface area contributed by atoms with Crippen molar-refractivity contribution >= 4 is 23.2 Å². The van der Waals surface area contributed by atoms with Crippen LogP contribution in [0.2, 0.25) is 10.0 Å². The molecule has 0 aliphatic carbocycles. The fourth-order valence-electron chi connectivity index (χ4n) is 2.70. The molecule has 0 spiro atoms. The standard InChI is InChI=1S/C17H17Cl2NO/c1-11(12-6-7-15(18)16(19)8-12)20-17-10-21-9-13-4-2-3-5-14(13)17/h2-8,11,17,20H,9-10H2,1H3. The molecule has 0 saturated carbocycles. The number of ether oxygens (including phenoxy) is 1. The lowest BCUT2D eigenvalue weighted by atomic mass is 9.97. The molecule has 110 valence electrons. The SMILES string of the molecule is CC(NC1COCc2ccccc21)c1ccc(Cl)c(Cl)c1. The molecule has 0 radical (unpaired) electrons. The molecule has 0 amide bonds. The van der Waals surface area contributed by atoms with Crippen LogP contribution >= 0.6 is 23.2 Å². The van der Waals surface area contributed by atoms with E-state index in [4.69, 9.17) is 27.9 Å². The van der Waals surface area contributed by atoms with Gasteiger partial charge in [-0.15, -0.1) is 0 Å². The van der Waals surface area contributed by atoms with Crippen molar-refractivity contribution in [3.05, 3.63) is 69.2 Å². The zero-order valence-electron chi connectivity index (χ0n) is 11.8. The molecule has 0 bridgehead atoms. The molecule has 2 unspecified atom stereocenters. The summed E-state index contributed by atoms with van der Waals surface area (Å²) in [6, 6.07) is 14.5. The van der Waals surface area contributed by atoms with Crippen LogP contribution < -0.4 is 5.32 Å². The van der Waals surface area contributed by atoms with Crippen molar-refractivity contribution in [3.8, 4) is 0 Å². The third kappa shape index (κ3) is 3.24. The number of hydrogen-bond donors (Lipinski definition) is 1. The molecule has 3 rings (SSSR count). The summed E-state index contributed by atoms with van der Waals surface area (Å²) in [6.07, 6.45) is 0. The van der Waals surface area contributed by atoms with Gasteiger partial charge in [-0.25, -0.2) is 0 Å². The molecule has 2 aromatic carbocycles. The molecule has 2 atom stereocenters. The molecule has 0 saturated heterocycles. The number of benzene rings is 2. The second-order valence-corrected chi connectivity index (χ2v) is 6.14. The van der Waals surface area contributed by atoms with Crippen molar-refractivity contribution in [1.29, 1.82) is 0 Å².